The third kappa shape index (κ3) is 5.15. The standard InChI is InChI=1S/C23H26Cl2N4O/c24-19-6-4-7-21(23(19)25)29-13-11-28(12-14-29)10-3-1-2-5-18-15-20-17(16-26-18)8-9-22(30)27-20/h2,4-7,15-16H,1,3,8-14H2,(H,27,30)/b5-2+. The molecular weight excluding hydrogens is 419 g/mol. The molecule has 5 nitrogen and oxygen atoms in total. The predicted molar refractivity (Wildman–Crippen MR) is 125 cm³/mol. The van der Waals surface area contributed by atoms with Crippen molar-refractivity contribution in [1.82, 2.24) is 9.88 Å². The number of benzene rings is 1. The number of pyridine rings is 1. The van der Waals surface area contributed by atoms with Crippen LogP contribution in [0.25, 0.3) is 6.08 Å². The molecule has 1 fully saturated rings. The highest BCUT2D eigenvalue weighted by Crippen LogP contribution is 2.32. The van der Waals surface area contributed by atoms with Crippen LogP contribution in [0.15, 0.2) is 36.5 Å². The predicted octanol–water partition coefficient (Wildman–Crippen LogP) is 4.89. The van der Waals surface area contributed by atoms with E-state index in [0.717, 1.165) is 74.6 Å². The van der Waals surface area contributed by atoms with Gasteiger partial charge in [0.15, 0.2) is 0 Å². The number of hydrogen-bond donors (Lipinski definition) is 1. The van der Waals surface area contributed by atoms with Crippen molar-refractivity contribution in [3.05, 3.63) is 57.8 Å². The highest BCUT2D eigenvalue weighted by Gasteiger charge is 2.19. The Balaban J connectivity index is 1.20. The Kier molecular flexibility index (Phi) is 6.93. The number of nitrogens with one attached hydrogen (secondary N) is 1. The Morgan fingerprint density at radius 3 is 2.80 bits per heavy atom. The van der Waals surface area contributed by atoms with Crippen LogP contribution in [0.3, 0.4) is 0 Å². The summed E-state index contributed by atoms with van der Waals surface area (Å²) in [5.41, 5.74) is 3.94. The first-order valence-corrected chi connectivity index (χ1v) is 11.2. The second-order valence-electron chi connectivity index (χ2n) is 7.76. The van der Waals surface area contributed by atoms with E-state index < -0.39 is 0 Å². The molecule has 7 heteroatoms. The Morgan fingerprint density at radius 1 is 1.13 bits per heavy atom. The van der Waals surface area contributed by atoms with Crippen LogP contribution in [-0.2, 0) is 11.2 Å². The molecule has 0 aliphatic carbocycles. The number of carbonyl (C=O) groups is 1. The summed E-state index contributed by atoms with van der Waals surface area (Å²) in [6.07, 6.45) is 9.52. The minimum absolute atomic E-state index is 0.0846. The van der Waals surface area contributed by atoms with Crippen LogP contribution < -0.4 is 10.2 Å². The first-order chi connectivity index (χ1) is 14.6. The van der Waals surface area contributed by atoms with Crippen LogP contribution >= 0.6 is 23.2 Å². The molecule has 0 atom stereocenters. The zero-order chi connectivity index (χ0) is 20.9. The lowest BCUT2D eigenvalue weighted by Crippen LogP contribution is -2.46. The summed E-state index contributed by atoms with van der Waals surface area (Å²) in [6.45, 7) is 5.05. The largest absolute Gasteiger partial charge is 0.368 e. The molecule has 158 valence electrons. The van der Waals surface area contributed by atoms with Gasteiger partial charge in [0.1, 0.15) is 0 Å². The van der Waals surface area contributed by atoms with E-state index in [-0.39, 0.29) is 5.91 Å². The minimum Gasteiger partial charge on any atom is -0.368 e. The molecule has 2 aliphatic heterocycles. The highest BCUT2D eigenvalue weighted by atomic mass is 35.5. The molecule has 1 aromatic heterocycles. The second kappa shape index (κ2) is 9.82. The third-order valence-corrected chi connectivity index (χ3v) is 6.49. The molecular formula is C23H26Cl2N4O. The summed E-state index contributed by atoms with van der Waals surface area (Å²) >= 11 is 12.5. The lowest BCUT2D eigenvalue weighted by atomic mass is 10.0. The molecule has 1 amide bonds. The van der Waals surface area contributed by atoms with Crippen molar-refractivity contribution in [3.8, 4) is 0 Å². The molecule has 4 rings (SSSR count). The number of halogens is 2. The number of anilines is 2. The zero-order valence-corrected chi connectivity index (χ0v) is 18.4. The smallest absolute Gasteiger partial charge is 0.224 e. The van der Waals surface area contributed by atoms with Crippen LogP contribution in [0.5, 0.6) is 0 Å². The molecule has 2 aromatic rings. The SMILES string of the molecule is O=C1CCc2cnc(/C=C/CCCN3CCN(c4cccc(Cl)c4Cl)CC3)cc2N1. The van der Waals surface area contributed by atoms with Crippen molar-refractivity contribution in [2.24, 2.45) is 0 Å². The van der Waals surface area contributed by atoms with Gasteiger partial charge in [-0.2, -0.15) is 0 Å². The molecule has 2 aliphatic rings. The van der Waals surface area contributed by atoms with Gasteiger partial charge < -0.3 is 10.2 Å². The van der Waals surface area contributed by atoms with Gasteiger partial charge in [-0.3, -0.25) is 14.7 Å². The highest BCUT2D eigenvalue weighted by molar-refractivity contribution is 6.43. The fourth-order valence-electron chi connectivity index (χ4n) is 3.95. The van der Waals surface area contributed by atoms with Gasteiger partial charge in [0.2, 0.25) is 5.91 Å². The number of aryl methyl sites for hydroxylation is 1. The average Bonchev–Trinajstić information content (AvgIpc) is 2.76. The first kappa shape index (κ1) is 21.2. The van der Waals surface area contributed by atoms with Gasteiger partial charge >= 0.3 is 0 Å². The summed E-state index contributed by atoms with van der Waals surface area (Å²) < 4.78 is 0. The minimum atomic E-state index is 0.0846. The van der Waals surface area contributed by atoms with Crippen LogP contribution in [-0.4, -0.2) is 48.5 Å². The van der Waals surface area contributed by atoms with E-state index in [4.69, 9.17) is 23.2 Å². The number of fused-ring (bicyclic) bond motifs is 1. The monoisotopic (exact) mass is 444 g/mol. The van der Waals surface area contributed by atoms with Crippen LogP contribution in [0.4, 0.5) is 11.4 Å². The van der Waals surface area contributed by atoms with Crippen molar-refractivity contribution in [2.75, 3.05) is 42.9 Å². The van der Waals surface area contributed by atoms with Crippen molar-refractivity contribution in [3.63, 3.8) is 0 Å². The summed E-state index contributed by atoms with van der Waals surface area (Å²) in [5.74, 6) is 0.0846. The summed E-state index contributed by atoms with van der Waals surface area (Å²) in [7, 11) is 0. The van der Waals surface area contributed by atoms with E-state index in [1.807, 2.05) is 36.5 Å². The zero-order valence-electron chi connectivity index (χ0n) is 16.9. The molecule has 1 N–H and O–H groups in total. The molecule has 0 radical (unpaired) electrons. The van der Waals surface area contributed by atoms with Crippen LogP contribution in [0.2, 0.25) is 10.0 Å². The summed E-state index contributed by atoms with van der Waals surface area (Å²) in [6, 6.07) is 7.78. The van der Waals surface area contributed by atoms with Gasteiger partial charge in [-0.25, -0.2) is 0 Å². The Morgan fingerprint density at radius 2 is 1.97 bits per heavy atom. The second-order valence-corrected chi connectivity index (χ2v) is 8.55. The van der Waals surface area contributed by atoms with E-state index in [9.17, 15) is 4.79 Å². The van der Waals surface area contributed by atoms with Gasteiger partial charge in [-0.15, -0.1) is 0 Å². The quantitative estimate of drug-likeness (QED) is 0.644. The molecule has 3 heterocycles. The van der Waals surface area contributed by atoms with Crippen molar-refractivity contribution in [2.45, 2.75) is 25.7 Å². The Bertz CT molecular complexity index is 939. The lowest BCUT2D eigenvalue weighted by Gasteiger charge is -2.36. The number of allylic oxidation sites excluding steroid dienone is 1. The lowest BCUT2D eigenvalue weighted by molar-refractivity contribution is -0.116. The third-order valence-electron chi connectivity index (χ3n) is 5.68. The van der Waals surface area contributed by atoms with Crippen molar-refractivity contribution in [1.29, 1.82) is 0 Å². The number of carbonyl (C=O) groups excluding carboxylic acids is 1. The van der Waals surface area contributed by atoms with Gasteiger partial charge in [-0.05, 0) is 55.6 Å². The molecule has 0 saturated carbocycles. The van der Waals surface area contributed by atoms with E-state index in [1.165, 1.54) is 0 Å². The number of unbranched alkanes of at least 4 members (excludes halogenated alkanes) is 1. The van der Waals surface area contributed by atoms with E-state index in [1.54, 1.807) is 0 Å². The van der Waals surface area contributed by atoms with Crippen LogP contribution in [0, 0.1) is 0 Å². The number of amides is 1. The van der Waals surface area contributed by atoms with Gasteiger partial charge in [-0.1, -0.05) is 35.3 Å². The van der Waals surface area contributed by atoms with Crippen molar-refractivity contribution >= 4 is 46.6 Å². The average molecular weight is 445 g/mol. The van der Waals surface area contributed by atoms with Crippen molar-refractivity contribution < 1.29 is 4.79 Å². The molecule has 1 aromatic carbocycles. The van der Waals surface area contributed by atoms with Gasteiger partial charge in [0, 0.05) is 44.5 Å². The number of piperazine rings is 1. The first-order valence-electron chi connectivity index (χ1n) is 10.5. The fraction of sp³-hybridized carbons (Fsp3) is 0.391. The van der Waals surface area contributed by atoms with Gasteiger partial charge in [0.25, 0.3) is 0 Å². The Labute approximate surface area is 187 Å². The molecule has 0 unspecified atom stereocenters. The van der Waals surface area contributed by atoms with Gasteiger partial charge in [0.05, 0.1) is 21.4 Å². The fourth-order valence-corrected chi connectivity index (χ4v) is 4.37. The molecule has 0 bridgehead atoms. The maximum atomic E-state index is 11.5. The molecule has 30 heavy (non-hydrogen) atoms. The maximum absolute atomic E-state index is 11.5. The topological polar surface area (TPSA) is 48.5 Å². The Hall–Kier alpha value is -2.08. The normalized spacial score (nSPS) is 17.3. The number of nitrogens with zero attached hydrogens (tertiary/aromatic N) is 3. The van der Waals surface area contributed by atoms with E-state index in [0.29, 0.717) is 16.5 Å². The summed E-state index contributed by atoms with van der Waals surface area (Å²) in [4.78, 5) is 20.8. The molecule has 1 saturated heterocycles. The number of rotatable bonds is 6. The van der Waals surface area contributed by atoms with E-state index >= 15 is 0 Å². The molecule has 0 spiro atoms. The number of aromatic nitrogens is 1. The van der Waals surface area contributed by atoms with Crippen LogP contribution in [0.1, 0.15) is 30.5 Å². The number of hydrogen-bond acceptors (Lipinski definition) is 4. The maximum Gasteiger partial charge on any atom is 0.224 e. The van der Waals surface area contributed by atoms with E-state index in [2.05, 4.69) is 26.2 Å². The summed E-state index contributed by atoms with van der Waals surface area (Å²) in [5, 5.41) is 4.18.